The number of hydrogen-bond acceptors (Lipinski definition) is 8. The third-order valence-corrected chi connectivity index (χ3v) is 7.38. The first-order valence-corrected chi connectivity index (χ1v) is 11.9. The average Bonchev–Trinajstić information content (AvgIpc) is 3.21. The summed E-state index contributed by atoms with van der Waals surface area (Å²) in [6.45, 7) is 2.69. The van der Waals surface area contributed by atoms with Gasteiger partial charge in [-0.15, -0.1) is 10.2 Å². The number of aliphatic hydroxyl groups is 1. The summed E-state index contributed by atoms with van der Waals surface area (Å²) in [7, 11) is -1.14. The summed E-state index contributed by atoms with van der Waals surface area (Å²) >= 11 is 1.37. The quantitative estimate of drug-likeness (QED) is 0.603. The number of aromatic nitrogens is 3. The third kappa shape index (κ3) is 5.39. The van der Waals surface area contributed by atoms with E-state index < -0.39 is 15.9 Å². The van der Waals surface area contributed by atoms with E-state index in [-0.39, 0.29) is 24.0 Å². The summed E-state index contributed by atoms with van der Waals surface area (Å²) in [5.74, 6) is 2.74. The molecule has 2 atom stereocenters. The lowest BCUT2D eigenvalue weighted by atomic mass is 10.1. The Hall–Kier alpha value is -1.78. The molecule has 1 N–H and O–H groups in total. The highest BCUT2D eigenvalue weighted by Crippen LogP contribution is 2.29. The van der Waals surface area contributed by atoms with Crippen LogP contribution < -0.4 is 9.47 Å². The maximum atomic E-state index is 11.7. The number of benzene rings is 1. The van der Waals surface area contributed by atoms with Crippen LogP contribution >= 0.6 is 11.8 Å². The topological polar surface area (TPSA) is 104 Å². The molecule has 3 rings (SSSR count). The molecule has 0 saturated carbocycles. The summed E-state index contributed by atoms with van der Waals surface area (Å²) in [6.07, 6.45) is -0.0964. The molecule has 0 amide bonds. The minimum Gasteiger partial charge on any atom is -0.494 e. The first-order valence-electron chi connectivity index (χ1n) is 9.14. The molecule has 0 bridgehead atoms. The van der Waals surface area contributed by atoms with Crippen LogP contribution in [0.3, 0.4) is 0 Å². The Kier molecular flexibility index (Phi) is 6.84. The van der Waals surface area contributed by atoms with Crippen LogP contribution in [-0.2, 0) is 16.9 Å². The second kappa shape index (κ2) is 9.15. The molecule has 0 unspecified atom stereocenters. The highest BCUT2D eigenvalue weighted by atomic mass is 32.2. The van der Waals surface area contributed by atoms with Crippen molar-refractivity contribution in [1.82, 2.24) is 14.8 Å². The van der Waals surface area contributed by atoms with Gasteiger partial charge in [0.05, 0.1) is 24.2 Å². The maximum absolute atomic E-state index is 11.7. The number of thioether (sulfide) groups is 1. The molecule has 0 aliphatic carbocycles. The third-order valence-electron chi connectivity index (χ3n) is 4.45. The van der Waals surface area contributed by atoms with Crippen molar-refractivity contribution in [1.29, 1.82) is 0 Å². The van der Waals surface area contributed by atoms with Gasteiger partial charge in [-0.1, -0.05) is 11.8 Å². The summed E-state index contributed by atoms with van der Waals surface area (Å²) in [5, 5.41) is 19.1. The molecule has 1 aliphatic heterocycles. The molecule has 10 heteroatoms. The van der Waals surface area contributed by atoms with Crippen molar-refractivity contribution in [3.05, 3.63) is 30.1 Å². The van der Waals surface area contributed by atoms with Gasteiger partial charge in [0.15, 0.2) is 15.0 Å². The van der Waals surface area contributed by atoms with Crippen LogP contribution in [0.2, 0.25) is 0 Å². The van der Waals surface area contributed by atoms with Crippen LogP contribution in [0.5, 0.6) is 11.5 Å². The molecule has 1 saturated heterocycles. The minimum absolute atomic E-state index is 0.107. The van der Waals surface area contributed by atoms with E-state index in [1.165, 1.54) is 11.8 Å². The normalized spacial score (nSPS) is 19.5. The Labute approximate surface area is 169 Å². The fourth-order valence-corrected chi connectivity index (χ4v) is 5.58. The second-order valence-corrected chi connectivity index (χ2v) is 9.90. The lowest BCUT2D eigenvalue weighted by molar-refractivity contribution is 0.126. The van der Waals surface area contributed by atoms with Crippen molar-refractivity contribution in [2.24, 2.45) is 7.05 Å². The van der Waals surface area contributed by atoms with Gasteiger partial charge in [-0.05, 0) is 37.6 Å². The van der Waals surface area contributed by atoms with Crippen LogP contribution in [0.4, 0.5) is 0 Å². The molecule has 8 nitrogen and oxygen atoms in total. The molecule has 1 aromatic carbocycles. The molecule has 1 fully saturated rings. The Morgan fingerprint density at radius 3 is 2.54 bits per heavy atom. The molecule has 1 aliphatic rings. The van der Waals surface area contributed by atoms with Gasteiger partial charge < -0.3 is 19.1 Å². The van der Waals surface area contributed by atoms with E-state index in [4.69, 9.17) is 9.47 Å². The molecule has 28 heavy (non-hydrogen) atoms. The van der Waals surface area contributed by atoms with Gasteiger partial charge in [0.1, 0.15) is 23.9 Å². The standard InChI is InChI=1S/C18H25N3O5S2/c1-3-25-15-4-6-16(7-5-15)26-10-14(22)11-27-18-20-19-17(21(18)2)13-8-9-28(23,24)12-13/h4-7,13-14,22H,3,8-12H2,1-2H3/t13-,14+/m1/s1. The molecule has 2 heterocycles. The van der Waals surface area contributed by atoms with Crippen LogP contribution in [0.1, 0.15) is 25.1 Å². The number of nitrogens with zero attached hydrogens (tertiary/aromatic N) is 3. The van der Waals surface area contributed by atoms with Gasteiger partial charge in [0, 0.05) is 18.7 Å². The highest BCUT2D eigenvalue weighted by molar-refractivity contribution is 7.99. The zero-order valence-electron chi connectivity index (χ0n) is 15.9. The van der Waals surface area contributed by atoms with Crippen LogP contribution in [0.25, 0.3) is 0 Å². The van der Waals surface area contributed by atoms with E-state index in [1.807, 2.05) is 30.7 Å². The Balaban J connectivity index is 1.47. The van der Waals surface area contributed by atoms with Crippen molar-refractivity contribution in [2.75, 3.05) is 30.5 Å². The van der Waals surface area contributed by atoms with Gasteiger partial charge in [0.2, 0.25) is 0 Å². The number of aliphatic hydroxyl groups excluding tert-OH is 1. The minimum atomic E-state index is -2.97. The van der Waals surface area contributed by atoms with Gasteiger partial charge in [-0.2, -0.15) is 0 Å². The van der Waals surface area contributed by atoms with Crippen molar-refractivity contribution in [3.63, 3.8) is 0 Å². The fraction of sp³-hybridized carbons (Fsp3) is 0.556. The Morgan fingerprint density at radius 2 is 1.93 bits per heavy atom. The van der Waals surface area contributed by atoms with Crippen LogP contribution in [-0.4, -0.2) is 64.9 Å². The first kappa shape index (κ1) is 20.9. The van der Waals surface area contributed by atoms with Crippen molar-refractivity contribution in [2.45, 2.75) is 30.5 Å². The SMILES string of the molecule is CCOc1ccc(OC[C@H](O)CSc2nnc([C@@H]3CCS(=O)(=O)C3)n2C)cc1. The molecule has 0 spiro atoms. The number of rotatable bonds is 9. The van der Waals surface area contributed by atoms with Gasteiger partial charge in [-0.3, -0.25) is 0 Å². The number of sulfone groups is 1. The van der Waals surface area contributed by atoms with E-state index >= 15 is 0 Å². The maximum Gasteiger partial charge on any atom is 0.191 e. The van der Waals surface area contributed by atoms with Crippen molar-refractivity contribution >= 4 is 21.6 Å². The lowest BCUT2D eigenvalue weighted by Crippen LogP contribution is -2.20. The number of ether oxygens (including phenoxy) is 2. The molecular weight excluding hydrogens is 402 g/mol. The highest BCUT2D eigenvalue weighted by Gasteiger charge is 2.32. The predicted octanol–water partition coefficient (Wildman–Crippen LogP) is 1.65. The number of hydrogen-bond donors (Lipinski definition) is 1. The van der Waals surface area contributed by atoms with E-state index in [2.05, 4.69) is 10.2 Å². The average molecular weight is 428 g/mol. The van der Waals surface area contributed by atoms with Crippen LogP contribution in [0, 0.1) is 0 Å². The summed E-state index contributed by atoms with van der Waals surface area (Å²) in [6, 6.07) is 7.25. The summed E-state index contributed by atoms with van der Waals surface area (Å²) in [5.41, 5.74) is 0. The smallest absolute Gasteiger partial charge is 0.191 e. The molecule has 1 aromatic heterocycles. The largest absolute Gasteiger partial charge is 0.494 e. The summed E-state index contributed by atoms with van der Waals surface area (Å²) < 4.78 is 36.1. The zero-order valence-corrected chi connectivity index (χ0v) is 17.6. The van der Waals surface area contributed by atoms with Gasteiger partial charge >= 0.3 is 0 Å². The molecular formula is C18H25N3O5S2. The Morgan fingerprint density at radius 1 is 1.25 bits per heavy atom. The zero-order chi connectivity index (χ0) is 20.1. The van der Waals surface area contributed by atoms with E-state index in [0.29, 0.717) is 35.5 Å². The predicted molar refractivity (Wildman–Crippen MR) is 107 cm³/mol. The fourth-order valence-electron chi connectivity index (χ4n) is 3.02. The van der Waals surface area contributed by atoms with E-state index in [1.54, 1.807) is 12.1 Å². The monoisotopic (exact) mass is 427 g/mol. The molecule has 154 valence electrons. The molecule has 0 radical (unpaired) electrons. The van der Waals surface area contributed by atoms with E-state index in [9.17, 15) is 13.5 Å². The first-order chi connectivity index (χ1) is 13.4. The second-order valence-electron chi connectivity index (χ2n) is 6.68. The van der Waals surface area contributed by atoms with Gasteiger partial charge in [-0.25, -0.2) is 8.42 Å². The van der Waals surface area contributed by atoms with Crippen molar-refractivity contribution in [3.8, 4) is 11.5 Å². The Bertz CT molecular complexity index is 883. The molecule has 2 aromatic rings. The summed E-state index contributed by atoms with van der Waals surface area (Å²) in [4.78, 5) is 0. The van der Waals surface area contributed by atoms with Gasteiger partial charge in [0.25, 0.3) is 0 Å². The van der Waals surface area contributed by atoms with Crippen LogP contribution in [0.15, 0.2) is 29.4 Å². The van der Waals surface area contributed by atoms with Crippen molar-refractivity contribution < 1.29 is 23.0 Å². The van der Waals surface area contributed by atoms with E-state index in [0.717, 1.165) is 5.75 Å². The lowest BCUT2D eigenvalue weighted by Gasteiger charge is -2.13.